The summed E-state index contributed by atoms with van der Waals surface area (Å²) >= 11 is 0. The van der Waals surface area contributed by atoms with E-state index in [-0.39, 0.29) is 37.6 Å². The molecular formula is C28H52N2O8. The Bertz CT molecular complexity index is 687. The molecule has 1 aromatic carbocycles. The van der Waals surface area contributed by atoms with E-state index in [1.54, 1.807) is 0 Å². The molecule has 0 heterocycles. The maximum Gasteiger partial charge on any atom is 0.102 e. The molecule has 0 aromatic heterocycles. The number of benzene rings is 1. The molecular weight excluding hydrogens is 492 g/mol. The largest absolute Gasteiger partial charge is 0.545 e. The number of carboxylic acid groups (broad SMARTS) is 2. The van der Waals surface area contributed by atoms with Gasteiger partial charge in [0.05, 0.1) is 63.4 Å². The average Bonchev–Trinajstić information content (AvgIpc) is 2.91. The van der Waals surface area contributed by atoms with Crippen molar-refractivity contribution in [1.29, 1.82) is 0 Å². The number of quaternary nitrogens is 2. The first-order chi connectivity index (χ1) is 17.9. The lowest BCUT2D eigenvalue weighted by atomic mass is 10.1. The van der Waals surface area contributed by atoms with Crippen molar-refractivity contribution in [3.05, 3.63) is 35.4 Å². The molecule has 0 amide bonds. The van der Waals surface area contributed by atoms with Crippen molar-refractivity contribution in [2.24, 2.45) is 0 Å². The molecule has 0 saturated carbocycles. The third-order valence-electron chi connectivity index (χ3n) is 7.93. The van der Waals surface area contributed by atoms with E-state index in [1.165, 1.54) is 0 Å². The van der Waals surface area contributed by atoms with Crippen LogP contribution in [0, 0.1) is 0 Å². The number of aliphatic hydroxyl groups excluding tert-OH is 4. The minimum Gasteiger partial charge on any atom is -0.545 e. The Labute approximate surface area is 228 Å². The van der Waals surface area contributed by atoms with Gasteiger partial charge in [-0.15, -0.1) is 0 Å². The minimum atomic E-state index is -1.33. The van der Waals surface area contributed by atoms with Crippen LogP contribution in [-0.4, -0.2) is 119 Å². The third-order valence-corrected chi connectivity index (χ3v) is 7.93. The zero-order chi connectivity index (χ0) is 29.8. The van der Waals surface area contributed by atoms with Gasteiger partial charge in [-0.3, -0.25) is 0 Å². The quantitative estimate of drug-likeness (QED) is 0.205. The fourth-order valence-corrected chi connectivity index (χ4v) is 4.83. The van der Waals surface area contributed by atoms with E-state index in [0.717, 1.165) is 85.3 Å². The van der Waals surface area contributed by atoms with Crippen molar-refractivity contribution in [3.8, 4) is 0 Å². The first kappa shape index (κ1) is 38.1. The van der Waals surface area contributed by atoms with Gasteiger partial charge in [-0.2, -0.15) is 0 Å². The van der Waals surface area contributed by atoms with Crippen molar-refractivity contribution < 1.29 is 49.2 Å². The van der Waals surface area contributed by atoms with Crippen molar-refractivity contribution in [2.45, 2.75) is 66.5 Å². The van der Waals surface area contributed by atoms with Gasteiger partial charge in [0.15, 0.2) is 0 Å². The average molecular weight is 545 g/mol. The third kappa shape index (κ3) is 12.6. The highest BCUT2D eigenvalue weighted by molar-refractivity contribution is 5.89. The number of nitrogens with zero attached hydrogens (tertiary/aromatic N) is 2. The molecule has 0 fully saturated rings. The molecule has 0 bridgehead atoms. The number of aliphatic hydroxyl groups is 4. The first-order valence-corrected chi connectivity index (χ1v) is 13.6. The summed E-state index contributed by atoms with van der Waals surface area (Å²) in [6.45, 7) is 19.5. The summed E-state index contributed by atoms with van der Waals surface area (Å²) in [5.74, 6) is -2.67. The SMILES string of the molecule is CC[N+](CC)(CCO)C(C)CCO.CC[N+](CC)(CCO)C(C)CCO.O=C([O-])c1ccc(C(=O)[O-])cc1. The topological polar surface area (TPSA) is 161 Å². The van der Waals surface area contributed by atoms with Crippen LogP contribution in [0.2, 0.25) is 0 Å². The van der Waals surface area contributed by atoms with Gasteiger partial charge in [-0.1, -0.05) is 24.3 Å². The van der Waals surface area contributed by atoms with E-state index in [2.05, 4.69) is 41.5 Å². The van der Waals surface area contributed by atoms with E-state index in [9.17, 15) is 19.8 Å². The predicted molar refractivity (Wildman–Crippen MR) is 144 cm³/mol. The number of hydrogen-bond donors (Lipinski definition) is 4. The Kier molecular flexibility index (Phi) is 20.9. The van der Waals surface area contributed by atoms with Gasteiger partial charge in [-0.05, 0) is 52.7 Å². The second kappa shape index (κ2) is 20.8. The van der Waals surface area contributed by atoms with Gasteiger partial charge >= 0.3 is 0 Å². The Morgan fingerprint density at radius 3 is 1.05 bits per heavy atom. The van der Waals surface area contributed by atoms with E-state index in [4.69, 9.17) is 20.4 Å². The van der Waals surface area contributed by atoms with E-state index in [0.29, 0.717) is 12.1 Å². The van der Waals surface area contributed by atoms with E-state index >= 15 is 0 Å². The van der Waals surface area contributed by atoms with Crippen LogP contribution in [0.4, 0.5) is 0 Å². The van der Waals surface area contributed by atoms with Gasteiger partial charge in [0.2, 0.25) is 0 Å². The maximum absolute atomic E-state index is 10.2. The molecule has 0 aliphatic carbocycles. The van der Waals surface area contributed by atoms with Crippen LogP contribution in [0.25, 0.3) is 0 Å². The summed E-state index contributed by atoms with van der Waals surface area (Å²) in [7, 11) is 0. The molecule has 0 spiro atoms. The molecule has 1 rings (SSSR count). The van der Waals surface area contributed by atoms with E-state index in [1.807, 2.05) is 0 Å². The Balaban J connectivity index is 0. The lowest BCUT2D eigenvalue weighted by Gasteiger charge is -2.41. The van der Waals surface area contributed by atoms with Crippen LogP contribution in [0.15, 0.2) is 24.3 Å². The number of hydrogen-bond acceptors (Lipinski definition) is 8. The zero-order valence-corrected chi connectivity index (χ0v) is 24.3. The highest BCUT2D eigenvalue weighted by Gasteiger charge is 2.30. The van der Waals surface area contributed by atoms with Crippen molar-refractivity contribution in [2.75, 3.05) is 65.7 Å². The van der Waals surface area contributed by atoms with E-state index < -0.39 is 11.9 Å². The number of carbonyl (C=O) groups is 2. The standard InChI is InChI=1S/2C10H24NO2.C8H6O4/c2*1-4-11(5-2,7-9-13)10(3)6-8-12;9-7(10)5-1-2-6(4-3-5)8(11)12/h2*10,12-13H,4-9H2,1-3H3;1-4H,(H,9,10)(H,11,12)/q2*+1;/p-2. The number of likely N-dealkylation sites (N-methyl/N-ethyl adjacent to an activating group) is 2. The number of aromatic carboxylic acids is 2. The number of carboxylic acids is 2. The van der Waals surface area contributed by atoms with Crippen molar-refractivity contribution >= 4 is 11.9 Å². The lowest BCUT2D eigenvalue weighted by Crippen LogP contribution is -2.55. The minimum absolute atomic E-state index is 0.0556. The molecule has 4 N–H and O–H groups in total. The second-order valence-electron chi connectivity index (χ2n) is 9.47. The second-order valence-corrected chi connectivity index (χ2v) is 9.47. The van der Waals surface area contributed by atoms with Gasteiger partial charge in [0.1, 0.15) is 13.1 Å². The molecule has 38 heavy (non-hydrogen) atoms. The predicted octanol–water partition coefficient (Wildman–Crippen LogP) is -0.374. The summed E-state index contributed by atoms with van der Waals surface area (Å²) in [5, 5.41) is 56.2. The molecule has 0 aliphatic heterocycles. The highest BCUT2D eigenvalue weighted by atomic mass is 16.4. The lowest BCUT2D eigenvalue weighted by molar-refractivity contribution is -0.947. The maximum atomic E-state index is 10.2. The summed E-state index contributed by atoms with van der Waals surface area (Å²) < 4.78 is 1.83. The molecule has 10 nitrogen and oxygen atoms in total. The smallest absolute Gasteiger partial charge is 0.102 e. The van der Waals surface area contributed by atoms with Gasteiger partial charge in [-0.25, -0.2) is 0 Å². The Morgan fingerprint density at radius 2 is 0.895 bits per heavy atom. The molecule has 0 aliphatic rings. The Morgan fingerprint density at radius 1 is 0.632 bits per heavy atom. The molecule has 2 atom stereocenters. The van der Waals surface area contributed by atoms with Crippen LogP contribution in [0.5, 0.6) is 0 Å². The van der Waals surface area contributed by atoms with Crippen molar-refractivity contribution in [1.82, 2.24) is 0 Å². The van der Waals surface area contributed by atoms with Crippen LogP contribution in [0.1, 0.15) is 75.1 Å². The van der Waals surface area contributed by atoms with Gasteiger partial charge < -0.3 is 49.2 Å². The van der Waals surface area contributed by atoms with Crippen LogP contribution >= 0.6 is 0 Å². The fourth-order valence-electron chi connectivity index (χ4n) is 4.83. The Hall–Kier alpha value is -2.08. The zero-order valence-electron chi connectivity index (χ0n) is 24.3. The fraction of sp³-hybridized carbons (Fsp3) is 0.714. The molecule has 0 radical (unpaired) electrons. The summed E-state index contributed by atoms with van der Waals surface area (Å²) in [6.07, 6.45) is 1.64. The summed E-state index contributed by atoms with van der Waals surface area (Å²) in [6, 6.07) is 5.49. The highest BCUT2D eigenvalue weighted by Crippen LogP contribution is 2.16. The number of rotatable bonds is 16. The van der Waals surface area contributed by atoms with Gasteiger partial charge in [0.25, 0.3) is 0 Å². The van der Waals surface area contributed by atoms with Crippen LogP contribution in [-0.2, 0) is 0 Å². The summed E-state index contributed by atoms with van der Waals surface area (Å²) in [4.78, 5) is 20.4. The molecule has 222 valence electrons. The normalized spacial score (nSPS) is 12.9. The molecule has 2 unspecified atom stereocenters. The molecule has 1 aromatic rings. The van der Waals surface area contributed by atoms with Crippen molar-refractivity contribution in [3.63, 3.8) is 0 Å². The van der Waals surface area contributed by atoms with Crippen LogP contribution in [0.3, 0.4) is 0 Å². The first-order valence-electron chi connectivity index (χ1n) is 13.6. The van der Waals surface area contributed by atoms with Gasteiger partial charge in [0, 0.05) is 26.1 Å². The molecule has 10 heteroatoms. The number of carbonyl (C=O) groups excluding carboxylic acids is 2. The molecule has 0 saturated heterocycles. The monoisotopic (exact) mass is 544 g/mol. The van der Waals surface area contributed by atoms with Crippen LogP contribution < -0.4 is 10.2 Å². The summed E-state index contributed by atoms with van der Waals surface area (Å²) in [5.41, 5.74) is -0.111.